The van der Waals surface area contributed by atoms with Crippen LogP contribution in [-0.4, -0.2) is 6.98 Å². The molecule has 0 spiro atoms. The SMILES string of the molecule is [2H]C([2H])([2H])C([2H])([2H])B1Nc2cccc3cccc(c23)N1. The van der Waals surface area contributed by atoms with Crippen LogP contribution in [0.1, 0.15) is 13.7 Å². The predicted molar refractivity (Wildman–Crippen MR) is 67.4 cm³/mol. The molecule has 0 atom stereocenters. The lowest BCUT2D eigenvalue weighted by Crippen LogP contribution is -2.36. The molecule has 2 nitrogen and oxygen atoms in total. The summed E-state index contributed by atoms with van der Waals surface area (Å²) in [6.07, 6.45) is -2.39. The van der Waals surface area contributed by atoms with Crippen molar-refractivity contribution in [2.45, 2.75) is 13.1 Å². The molecule has 0 aromatic heterocycles. The van der Waals surface area contributed by atoms with E-state index in [2.05, 4.69) is 10.5 Å². The van der Waals surface area contributed by atoms with Gasteiger partial charge in [0.1, 0.15) is 0 Å². The minimum atomic E-state index is -2.71. The molecule has 74 valence electrons. The summed E-state index contributed by atoms with van der Waals surface area (Å²) in [7, 11) is 0. The molecule has 0 unspecified atom stereocenters. The van der Waals surface area contributed by atoms with Gasteiger partial charge in [-0.3, -0.25) is 0 Å². The van der Waals surface area contributed by atoms with Crippen LogP contribution < -0.4 is 10.5 Å². The average molecular weight is 201 g/mol. The molecule has 3 heteroatoms. The van der Waals surface area contributed by atoms with Crippen molar-refractivity contribution in [3.8, 4) is 0 Å². The zero-order chi connectivity index (χ0) is 14.5. The van der Waals surface area contributed by atoms with Gasteiger partial charge >= 0.3 is 6.98 Å². The monoisotopic (exact) mass is 201 g/mol. The molecule has 1 heterocycles. The Hall–Kier alpha value is -1.64. The second kappa shape index (κ2) is 3.19. The Bertz CT molecular complexity index is 630. The molecular weight excluding hydrogens is 183 g/mol. The minimum Gasteiger partial charge on any atom is -0.409 e. The van der Waals surface area contributed by atoms with E-state index in [1.54, 1.807) is 0 Å². The van der Waals surface area contributed by atoms with Gasteiger partial charge in [-0.05, 0) is 23.8 Å². The van der Waals surface area contributed by atoms with Gasteiger partial charge in [0.05, 0.1) is 0 Å². The number of hydrogen-bond acceptors (Lipinski definition) is 2. The zero-order valence-corrected chi connectivity index (χ0v) is 8.04. The van der Waals surface area contributed by atoms with Crippen LogP contribution in [0.5, 0.6) is 0 Å². The number of rotatable bonds is 1. The van der Waals surface area contributed by atoms with Crippen molar-refractivity contribution >= 4 is 29.1 Å². The van der Waals surface area contributed by atoms with Gasteiger partial charge in [-0.25, -0.2) is 0 Å². The molecule has 0 amide bonds. The maximum atomic E-state index is 7.88. The van der Waals surface area contributed by atoms with E-state index in [0.29, 0.717) is 0 Å². The number of hydrogen-bond donors (Lipinski definition) is 2. The third kappa shape index (κ3) is 1.27. The van der Waals surface area contributed by atoms with Gasteiger partial charge in [0.15, 0.2) is 0 Å². The van der Waals surface area contributed by atoms with E-state index in [0.717, 1.165) is 22.1 Å². The fourth-order valence-electron chi connectivity index (χ4n) is 2.00. The second-order valence-corrected chi connectivity index (χ2v) is 3.58. The van der Waals surface area contributed by atoms with Crippen molar-refractivity contribution in [1.29, 1.82) is 0 Å². The van der Waals surface area contributed by atoms with Gasteiger partial charge < -0.3 is 10.5 Å². The van der Waals surface area contributed by atoms with Gasteiger partial charge in [-0.15, -0.1) is 0 Å². The maximum Gasteiger partial charge on any atom is 0.369 e. The Morgan fingerprint density at radius 3 is 2.47 bits per heavy atom. The fourth-order valence-corrected chi connectivity index (χ4v) is 2.00. The highest BCUT2D eigenvalue weighted by Gasteiger charge is 2.20. The average Bonchev–Trinajstić information content (AvgIpc) is 2.38. The zero-order valence-electron chi connectivity index (χ0n) is 13.0. The van der Waals surface area contributed by atoms with Crippen LogP contribution in [0.25, 0.3) is 10.8 Å². The Balaban J connectivity index is 2.08. The number of benzene rings is 2. The lowest BCUT2D eigenvalue weighted by Gasteiger charge is -2.25. The minimum absolute atomic E-state index is 0.745. The molecule has 2 N–H and O–H groups in total. The van der Waals surface area contributed by atoms with Crippen molar-refractivity contribution in [3.63, 3.8) is 0 Å². The Morgan fingerprint density at radius 1 is 1.20 bits per heavy atom. The topological polar surface area (TPSA) is 24.1 Å². The Labute approximate surface area is 96.8 Å². The maximum absolute atomic E-state index is 7.88. The van der Waals surface area contributed by atoms with Crippen LogP contribution in [0.2, 0.25) is 6.27 Å². The molecule has 0 fully saturated rings. The molecule has 0 bridgehead atoms. The van der Waals surface area contributed by atoms with Crippen LogP contribution in [0.3, 0.4) is 0 Å². The van der Waals surface area contributed by atoms with Crippen LogP contribution in [0.15, 0.2) is 36.4 Å². The predicted octanol–water partition coefficient (Wildman–Crippen LogP) is 3.19. The molecule has 3 rings (SSSR count). The first-order chi connectivity index (χ1) is 9.30. The van der Waals surface area contributed by atoms with Gasteiger partial charge in [0, 0.05) is 23.6 Å². The summed E-state index contributed by atoms with van der Waals surface area (Å²) in [5.74, 6) is 0. The van der Waals surface area contributed by atoms with Crippen molar-refractivity contribution in [3.05, 3.63) is 36.4 Å². The highest BCUT2D eigenvalue weighted by molar-refractivity contribution is 6.67. The number of nitrogens with one attached hydrogen (secondary N) is 2. The molecule has 2 aromatic carbocycles. The summed E-state index contributed by atoms with van der Waals surface area (Å²) < 4.78 is 37.9. The van der Waals surface area contributed by atoms with Gasteiger partial charge in [0.25, 0.3) is 0 Å². The first kappa shape index (κ1) is 4.93. The van der Waals surface area contributed by atoms with Crippen LogP contribution in [0.4, 0.5) is 11.4 Å². The van der Waals surface area contributed by atoms with E-state index in [4.69, 9.17) is 6.85 Å². The molecule has 1 aliphatic rings. The molecule has 0 radical (unpaired) electrons. The molecule has 0 saturated carbocycles. The fraction of sp³-hybridized carbons (Fsp3) is 0.167. The molecule has 2 aromatic rings. The summed E-state index contributed by atoms with van der Waals surface area (Å²) in [6.45, 7) is -3.71. The molecule has 0 aliphatic carbocycles. The lowest BCUT2D eigenvalue weighted by molar-refractivity contribution is 1.39. The van der Waals surface area contributed by atoms with Crippen molar-refractivity contribution in [1.82, 2.24) is 0 Å². The van der Waals surface area contributed by atoms with Crippen molar-refractivity contribution in [2.24, 2.45) is 0 Å². The standard InChI is InChI=1S/C12H13BN2/c1-2-13-14-10-7-3-5-9-6-4-8-11(15-13)12(9)10/h3-8,14-15H,2H2,1H3/i1D3,2D2. The normalized spacial score (nSPS) is 20.3. The van der Waals surface area contributed by atoms with E-state index in [1.165, 1.54) is 0 Å². The summed E-state index contributed by atoms with van der Waals surface area (Å²) in [4.78, 5) is 0. The highest BCUT2D eigenvalue weighted by atomic mass is 15.0. The van der Waals surface area contributed by atoms with E-state index < -0.39 is 20.1 Å². The number of anilines is 2. The second-order valence-electron chi connectivity index (χ2n) is 3.58. The van der Waals surface area contributed by atoms with Crippen molar-refractivity contribution in [2.75, 3.05) is 10.5 Å². The summed E-state index contributed by atoms with van der Waals surface area (Å²) in [6, 6.07) is 11.3. The first-order valence-corrected chi connectivity index (χ1v) is 4.85. The molecule has 15 heavy (non-hydrogen) atoms. The van der Waals surface area contributed by atoms with E-state index in [1.807, 2.05) is 36.4 Å². The largest absolute Gasteiger partial charge is 0.409 e. The molecule has 0 saturated heterocycles. The summed E-state index contributed by atoms with van der Waals surface area (Å²) in [5.41, 5.74) is 1.49. The Morgan fingerprint density at radius 2 is 1.87 bits per heavy atom. The molecule has 1 aliphatic heterocycles. The Kier molecular flexibility index (Phi) is 1.05. The van der Waals surface area contributed by atoms with Gasteiger partial charge in [-0.1, -0.05) is 31.1 Å². The summed E-state index contributed by atoms with van der Waals surface area (Å²) >= 11 is 0. The van der Waals surface area contributed by atoms with E-state index in [-0.39, 0.29) is 0 Å². The van der Waals surface area contributed by atoms with Crippen molar-refractivity contribution < 1.29 is 6.85 Å². The summed E-state index contributed by atoms with van der Waals surface area (Å²) in [5, 5.41) is 7.90. The smallest absolute Gasteiger partial charge is 0.369 e. The van der Waals surface area contributed by atoms with Crippen LogP contribution in [0, 0.1) is 0 Å². The van der Waals surface area contributed by atoms with Crippen LogP contribution >= 0.6 is 0 Å². The van der Waals surface area contributed by atoms with E-state index >= 15 is 0 Å². The molecular formula is C12H13BN2. The third-order valence-corrected chi connectivity index (χ3v) is 2.65. The highest BCUT2D eigenvalue weighted by Crippen LogP contribution is 2.34. The van der Waals surface area contributed by atoms with Gasteiger partial charge in [-0.2, -0.15) is 0 Å². The quantitative estimate of drug-likeness (QED) is 0.692. The lowest BCUT2D eigenvalue weighted by atomic mass is 9.71. The third-order valence-electron chi connectivity index (χ3n) is 2.65. The first-order valence-electron chi connectivity index (χ1n) is 7.35. The van der Waals surface area contributed by atoms with Gasteiger partial charge in [0.2, 0.25) is 0 Å². The van der Waals surface area contributed by atoms with Crippen LogP contribution in [-0.2, 0) is 0 Å². The van der Waals surface area contributed by atoms with E-state index in [9.17, 15) is 0 Å².